The van der Waals surface area contributed by atoms with Crippen molar-refractivity contribution in [1.29, 1.82) is 0 Å². The van der Waals surface area contributed by atoms with Gasteiger partial charge in [0.05, 0.1) is 19.0 Å². The zero-order valence-corrected chi connectivity index (χ0v) is 5.70. The molecule has 0 aromatic carbocycles. The van der Waals surface area contributed by atoms with Gasteiger partial charge in [0.1, 0.15) is 5.75 Å². The van der Waals surface area contributed by atoms with Crippen molar-refractivity contribution in [3.63, 3.8) is 0 Å². The molecule has 0 bridgehead atoms. The van der Waals surface area contributed by atoms with Gasteiger partial charge in [-0.3, -0.25) is 10.1 Å². The lowest BCUT2D eigenvalue weighted by Gasteiger charge is -1.99. The Kier molecular flexibility index (Phi) is 2.10. The van der Waals surface area contributed by atoms with Crippen LogP contribution in [0.4, 0.5) is 0 Å². The second-order valence-corrected chi connectivity index (χ2v) is 1.79. The quantitative estimate of drug-likeness (QED) is 0.623. The molecule has 1 aromatic rings. The topological polar surface area (TPSA) is 42.0 Å². The van der Waals surface area contributed by atoms with Crippen LogP contribution in [0.25, 0.3) is 0 Å². The summed E-state index contributed by atoms with van der Waals surface area (Å²) >= 11 is 0. The Morgan fingerprint density at radius 3 is 3.00 bits per heavy atom. The number of nitrogens with zero attached hydrogens (tertiary/aromatic N) is 1. The van der Waals surface area contributed by atoms with Gasteiger partial charge in [0, 0.05) is 6.07 Å². The molecule has 0 aliphatic heterocycles. The van der Waals surface area contributed by atoms with E-state index in [9.17, 15) is 5.11 Å². The molecule has 0 saturated heterocycles. The lowest BCUT2D eigenvalue weighted by molar-refractivity contribution is 0.324. The first kappa shape index (κ1) is 6.86. The molecular formula is C7H8NO2. The monoisotopic (exact) mass is 138 g/mol. The molecule has 1 aromatic heterocycles. The summed E-state index contributed by atoms with van der Waals surface area (Å²) in [5, 5.41) is 10.6. The Morgan fingerprint density at radius 2 is 2.40 bits per heavy atom. The van der Waals surface area contributed by atoms with Gasteiger partial charge in [0.25, 0.3) is 0 Å². The highest BCUT2D eigenvalue weighted by atomic mass is 16.5. The van der Waals surface area contributed by atoms with Gasteiger partial charge in [-0.05, 0) is 6.92 Å². The number of hydrogen-bond acceptors (Lipinski definition) is 2. The molecule has 3 nitrogen and oxygen atoms in total. The third kappa shape index (κ3) is 1.62. The van der Waals surface area contributed by atoms with E-state index in [-0.39, 0.29) is 5.75 Å². The first-order valence-electron chi connectivity index (χ1n) is 3.08. The largest absolute Gasteiger partial charge is 0.492 e. The maximum Gasteiger partial charge on any atom is 0.200 e. The van der Waals surface area contributed by atoms with E-state index in [4.69, 9.17) is 4.74 Å². The summed E-state index contributed by atoms with van der Waals surface area (Å²) in [7, 11) is 0. The molecule has 0 aliphatic carbocycles. The highest BCUT2D eigenvalue weighted by Gasteiger charge is 1.94. The fourth-order valence-corrected chi connectivity index (χ4v) is 0.645. The van der Waals surface area contributed by atoms with Crippen LogP contribution < -0.4 is 4.74 Å². The highest BCUT2D eigenvalue weighted by Crippen LogP contribution is 2.15. The number of ether oxygens (including phenoxy) is 1. The van der Waals surface area contributed by atoms with Crippen LogP contribution in [0, 0.1) is 0 Å². The van der Waals surface area contributed by atoms with E-state index in [2.05, 4.69) is 4.98 Å². The second kappa shape index (κ2) is 3.06. The third-order valence-corrected chi connectivity index (χ3v) is 0.999. The van der Waals surface area contributed by atoms with E-state index >= 15 is 0 Å². The van der Waals surface area contributed by atoms with Gasteiger partial charge in [-0.1, -0.05) is 0 Å². The molecule has 0 aliphatic rings. The van der Waals surface area contributed by atoms with E-state index in [0.29, 0.717) is 12.4 Å². The van der Waals surface area contributed by atoms with Gasteiger partial charge >= 0.3 is 0 Å². The molecule has 0 fully saturated rings. The molecule has 0 N–H and O–H groups in total. The highest BCUT2D eigenvalue weighted by molar-refractivity contribution is 5.26. The van der Waals surface area contributed by atoms with Crippen LogP contribution in [0.15, 0.2) is 18.5 Å². The van der Waals surface area contributed by atoms with E-state index < -0.39 is 0 Å². The molecule has 0 saturated carbocycles. The summed E-state index contributed by atoms with van der Waals surface area (Å²) in [6.45, 7) is 2.42. The summed E-state index contributed by atoms with van der Waals surface area (Å²) in [6.07, 6.45) is 2.77. The zero-order chi connectivity index (χ0) is 7.40. The molecule has 10 heavy (non-hydrogen) atoms. The number of aromatic nitrogens is 1. The lowest BCUT2D eigenvalue weighted by atomic mass is 10.4. The number of hydrogen-bond donors (Lipinski definition) is 0. The van der Waals surface area contributed by atoms with Crippen LogP contribution in [-0.4, -0.2) is 11.6 Å². The van der Waals surface area contributed by atoms with Gasteiger partial charge < -0.3 is 4.74 Å². The summed E-state index contributed by atoms with van der Waals surface area (Å²) in [6, 6.07) is 1.41. The van der Waals surface area contributed by atoms with Crippen LogP contribution in [0.2, 0.25) is 0 Å². The summed E-state index contributed by atoms with van der Waals surface area (Å²) in [4.78, 5) is 3.67. The van der Waals surface area contributed by atoms with Crippen molar-refractivity contribution < 1.29 is 9.84 Å². The molecule has 0 spiro atoms. The Bertz CT molecular complexity index is 213. The van der Waals surface area contributed by atoms with Crippen molar-refractivity contribution in [2.75, 3.05) is 6.61 Å². The van der Waals surface area contributed by atoms with E-state index in [1.165, 1.54) is 18.5 Å². The van der Waals surface area contributed by atoms with Gasteiger partial charge in [-0.15, -0.1) is 0 Å². The molecule has 1 rings (SSSR count). The SMILES string of the molecule is CCOc1cncc([O])c1. The van der Waals surface area contributed by atoms with Crippen LogP contribution >= 0.6 is 0 Å². The standard InChI is InChI=1S/C7H8NO2/c1-2-10-7-3-6(9)4-8-5-7/h3-5H,2H2,1H3. The first-order chi connectivity index (χ1) is 4.83. The first-order valence-corrected chi connectivity index (χ1v) is 3.08. The Labute approximate surface area is 59.3 Å². The van der Waals surface area contributed by atoms with Gasteiger partial charge in [-0.2, -0.15) is 0 Å². The predicted octanol–water partition coefficient (Wildman–Crippen LogP) is 1.62. The van der Waals surface area contributed by atoms with E-state index in [1.807, 2.05) is 6.92 Å². The van der Waals surface area contributed by atoms with Crippen LogP contribution in [0.1, 0.15) is 6.92 Å². The van der Waals surface area contributed by atoms with Crippen molar-refractivity contribution >= 4 is 0 Å². The molecule has 53 valence electrons. The Morgan fingerprint density at radius 1 is 1.60 bits per heavy atom. The second-order valence-electron chi connectivity index (χ2n) is 1.79. The molecule has 0 unspecified atom stereocenters. The number of pyridine rings is 1. The van der Waals surface area contributed by atoms with E-state index in [1.54, 1.807) is 0 Å². The average Bonchev–Trinajstić information content (AvgIpc) is 1.88. The summed E-state index contributed by atoms with van der Waals surface area (Å²) in [5.74, 6) is 0.418. The minimum absolute atomic E-state index is 0.119. The van der Waals surface area contributed by atoms with Crippen molar-refractivity contribution in [2.24, 2.45) is 0 Å². The normalized spacial score (nSPS) is 9.30. The summed E-state index contributed by atoms with van der Waals surface area (Å²) < 4.78 is 5.02. The minimum atomic E-state index is -0.119. The van der Waals surface area contributed by atoms with Crippen molar-refractivity contribution in [1.82, 2.24) is 4.98 Å². The Hall–Kier alpha value is -1.25. The minimum Gasteiger partial charge on any atom is -0.492 e. The molecular weight excluding hydrogens is 130 g/mol. The fraction of sp³-hybridized carbons (Fsp3) is 0.286. The van der Waals surface area contributed by atoms with Crippen LogP contribution in [-0.2, 0) is 5.11 Å². The predicted molar refractivity (Wildman–Crippen MR) is 35.5 cm³/mol. The van der Waals surface area contributed by atoms with Gasteiger partial charge in [0.15, 0.2) is 0 Å². The summed E-state index contributed by atoms with van der Waals surface area (Å²) in [5.41, 5.74) is 0. The van der Waals surface area contributed by atoms with Crippen molar-refractivity contribution in [3.8, 4) is 11.5 Å². The zero-order valence-electron chi connectivity index (χ0n) is 5.70. The number of rotatable bonds is 2. The van der Waals surface area contributed by atoms with E-state index in [0.717, 1.165) is 0 Å². The molecule has 1 heterocycles. The van der Waals surface area contributed by atoms with Crippen molar-refractivity contribution in [2.45, 2.75) is 6.92 Å². The smallest absolute Gasteiger partial charge is 0.200 e. The molecule has 0 atom stereocenters. The maximum absolute atomic E-state index is 10.6. The van der Waals surface area contributed by atoms with Gasteiger partial charge in [0.2, 0.25) is 5.75 Å². The molecule has 0 amide bonds. The van der Waals surface area contributed by atoms with Crippen LogP contribution in [0.3, 0.4) is 0 Å². The molecule has 1 radical (unpaired) electrons. The lowest BCUT2D eigenvalue weighted by Crippen LogP contribution is -1.90. The third-order valence-electron chi connectivity index (χ3n) is 0.999. The average molecular weight is 138 g/mol. The Balaban J connectivity index is 2.75. The maximum atomic E-state index is 10.6. The fourth-order valence-electron chi connectivity index (χ4n) is 0.645. The van der Waals surface area contributed by atoms with Crippen molar-refractivity contribution in [3.05, 3.63) is 18.5 Å². The van der Waals surface area contributed by atoms with Gasteiger partial charge in [-0.25, -0.2) is 0 Å². The molecule has 3 heteroatoms. The van der Waals surface area contributed by atoms with Crippen LogP contribution in [0.5, 0.6) is 11.5 Å².